The molecule has 0 aliphatic rings. The fourth-order valence-corrected chi connectivity index (χ4v) is 3.17. The molecule has 3 amide bonds. The zero-order valence-corrected chi connectivity index (χ0v) is 17.7. The third kappa shape index (κ3) is 7.67. The average Bonchev–Trinajstić information content (AvgIpc) is 3.18. The van der Waals surface area contributed by atoms with Gasteiger partial charge in [-0.15, -0.1) is 0 Å². The Labute approximate surface area is 185 Å². The summed E-state index contributed by atoms with van der Waals surface area (Å²) >= 11 is 0. The molecule has 1 heterocycles. The van der Waals surface area contributed by atoms with Gasteiger partial charge in [-0.2, -0.15) is 0 Å². The molecule has 0 unspecified atom stereocenters. The Hall–Kier alpha value is -3.44. The van der Waals surface area contributed by atoms with Gasteiger partial charge in [-0.3, -0.25) is 14.4 Å². The monoisotopic (exact) mass is 446 g/mol. The van der Waals surface area contributed by atoms with Crippen LogP contribution in [0.4, 0.5) is 0 Å². The number of nitrogens with two attached hydrogens (primary N) is 2. The van der Waals surface area contributed by atoms with Crippen LogP contribution in [-0.2, 0) is 25.6 Å². The van der Waals surface area contributed by atoms with Crippen LogP contribution in [0.5, 0.6) is 0 Å². The number of hydrogen-bond acceptors (Lipinski definition) is 6. The largest absolute Gasteiger partial charge is 0.480 e. The minimum Gasteiger partial charge on any atom is -0.480 e. The number of aromatic amines is 1. The quantitative estimate of drug-likeness (QED) is 0.191. The first-order chi connectivity index (χ1) is 15.3. The first-order valence-electron chi connectivity index (χ1n) is 10.4. The van der Waals surface area contributed by atoms with E-state index in [1.807, 2.05) is 24.3 Å². The molecule has 0 aliphatic heterocycles. The van der Waals surface area contributed by atoms with E-state index in [4.69, 9.17) is 16.6 Å². The summed E-state index contributed by atoms with van der Waals surface area (Å²) in [5.41, 5.74) is 13.2. The Bertz CT molecular complexity index is 944. The number of hydrogen-bond donors (Lipinski definition) is 7. The maximum absolute atomic E-state index is 12.2. The van der Waals surface area contributed by atoms with Crippen molar-refractivity contribution in [1.82, 2.24) is 20.9 Å². The van der Waals surface area contributed by atoms with Gasteiger partial charge in [0.25, 0.3) is 0 Å². The van der Waals surface area contributed by atoms with E-state index in [-0.39, 0.29) is 13.0 Å². The van der Waals surface area contributed by atoms with Crippen molar-refractivity contribution >= 4 is 34.6 Å². The van der Waals surface area contributed by atoms with Crippen LogP contribution in [0.15, 0.2) is 30.5 Å². The second kappa shape index (κ2) is 12.4. The van der Waals surface area contributed by atoms with Crippen LogP contribution in [0.25, 0.3) is 10.9 Å². The molecule has 0 fully saturated rings. The summed E-state index contributed by atoms with van der Waals surface area (Å²) in [5, 5.41) is 17.2. The van der Waals surface area contributed by atoms with Gasteiger partial charge in [0, 0.05) is 17.1 Å². The highest BCUT2D eigenvalue weighted by atomic mass is 16.4. The summed E-state index contributed by atoms with van der Waals surface area (Å²) in [5.74, 6) is -2.89. The number of carbonyl (C=O) groups is 4. The van der Waals surface area contributed by atoms with E-state index in [1.165, 1.54) is 0 Å². The van der Waals surface area contributed by atoms with Gasteiger partial charge in [-0.05, 0) is 43.9 Å². The van der Waals surface area contributed by atoms with Crippen molar-refractivity contribution in [1.29, 1.82) is 0 Å². The zero-order valence-electron chi connectivity index (χ0n) is 17.7. The van der Waals surface area contributed by atoms with E-state index in [9.17, 15) is 19.2 Å². The summed E-state index contributed by atoms with van der Waals surface area (Å²) in [7, 11) is 0. The molecule has 1 aromatic heterocycles. The Morgan fingerprint density at radius 2 is 1.75 bits per heavy atom. The minimum atomic E-state index is -1.15. The van der Waals surface area contributed by atoms with Gasteiger partial charge < -0.3 is 37.5 Å². The van der Waals surface area contributed by atoms with Crippen molar-refractivity contribution in [3.8, 4) is 0 Å². The summed E-state index contributed by atoms with van der Waals surface area (Å²) in [6.45, 7) is -0.323. The van der Waals surface area contributed by atoms with Crippen LogP contribution < -0.4 is 27.4 Å². The van der Waals surface area contributed by atoms with Gasteiger partial charge >= 0.3 is 5.97 Å². The molecule has 174 valence electrons. The van der Waals surface area contributed by atoms with Crippen molar-refractivity contribution < 1.29 is 24.3 Å². The van der Waals surface area contributed by atoms with E-state index in [2.05, 4.69) is 20.9 Å². The summed E-state index contributed by atoms with van der Waals surface area (Å²) in [6, 6.07) is 5.74. The highest BCUT2D eigenvalue weighted by Crippen LogP contribution is 2.18. The van der Waals surface area contributed by atoms with Crippen LogP contribution in [0.1, 0.15) is 24.8 Å². The maximum atomic E-state index is 12.2. The molecular formula is C21H30N6O5. The number of para-hydroxylation sites is 1. The van der Waals surface area contributed by atoms with Crippen molar-refractivity contribution in [3.05, 3.63) is 36.0 Å². The lowest BCUT2D eigenvalue weighted by Crippen LogP contribution is -2.48. The van der Waals surface area contributed by atoms with Crippen molar-refractivity contribution in [2.24, 2.45) is 11.5 Å². The lowest BCUT2D eigenvalue weighted by Gasteiger charge is -2.15. The van der Waals surface area contributed by atoms with Crippen LogP contribution in [-0.4, -0.2) is 65.5 Å². The SMILES string of the molecule is NCCCC[C@H](NC(=O)CNC(=O)CNC(=O)[C@@H](N)Cc1c[nH]c2ccccc12)C(=O)O. The van der Waals surface area contributed by atoms with Crippen LogP contribution in [0, 0.1) is 0 Å². The maximum Gasteiger partial charge on any atom is 0.326 e. The molecule has 2 aromatic rings. The van der Waals surface area contributed by atoms with Crippen LogP contribution >= 0.6 is 0 Å². The number of unbranched alkanes of at least 4 members (excludes halogenated alkanes) is 1. The van der Waals surface area contributed by atoms with Gasteiger partial charge in [0.05, 0.1) is 19.1 Å². The molecule has 0 spiro atoms. The normalized spacial score (nSPS) is 12.7. The molecule has 11 nitrogen and oxygen atoms in total. The number of benzene rings is 1. The second-order valence-electron chi connectivity index (χ2n) is 7.41. The molecule has 9 N–H and O–H groups in total. The molecule has 2 rings (SSSR count). The number of fused-ring (bicyclic) bond motifs is 1. The number of amides is 3. The number of aliphatic carboxylic acids is 1. The van der Waals surface area contributed by atoms with Gasteiger partial charge in [-0.25, -0.2) is 4.79 Å². The molecular weight excluding hydrogens is 416 g/mol. The summed E-state index contributed by atoms with van der Waals surface area (Å²) in [6.07, 6.45) is 3.55. The summed E-state index contributed by atoms with van der Waals surface area (Å²) in [4.78, 5) is 50.3. The third-order valence-corrected chi connectivity index (χ3v) is 4.90. The van der Waals surface area contributed by atoms with E-state index < -0.39 is 42.3 Å². The lowest BCUT2D eigenvalue weighted by atomic mass is 10.1. The van der Waals surface area contributed by atoms with Crippen LogP contribution in [0.2, 0.25) is 0 Å². The Kier molecular flexibility index (Phi) is 9.64. The number of H-pyrrole nitrogens is 1. The fraction of sp³-hybridized carbons (Fsp3) is 0.429. The highest BCUT2D eigenvalue weighted by molar-refractivity contribution is 5.91. The number of carboxylic acid groups (broad SMARTS) is 1. The van der Waals surface area contributed by atoms with E-state index in [1.54, 1.807) is 6.20 Å². The molecule has 32 heavy (non-hydrogen) atoms. The van der Waals surface area contributed by atoms with Crippen molar-refractivity contribution in [3.63, 3.8) is 0 Å². The van der Waals surface area contributed by atoms with Gasteiger partial charge in [0.2, 0.25) is 17.7 Å². The van der Waals surface area contributed by atoms with Gasteiger partial charge in [-0.1, -0.05) is 18.2 Å². The predicted octanol–water partition coefficient (Wildman–Crippen LogP) is -1.03. The fourth-order valence-electron chi connectivity index (χ4n) is 3.17. The van der Waals surface area contributed by atoms with Crippen molar-refractivity contribution in [2.75, 3.05) is 19.6 Å². The topological polar surface area (TPSA) is 192 Å². The molecule has 0 aliphatic carbocycles. The first-order valence-corrected chi connectivity index (χ1v) is 10.4. The van der Waals surface area contributed by atoms with E-state index in [0.29, 0.717) is 25.8 Å². The molecule has 0 radical (unpaired) electrons. The Morgan fingerprint density at radius 1 is 1.03 bits per heavy atom. The number of carboxylic acids is 1. The van der Waals surface area contributed by atoms with Crippen molar-refractivity contribution in [2.45, 2.75) is 37.8 Å². The number of nitrogens with one attached hydrogen (secondary N) is 4. The minimum absolute atomic E-state index is 0.247. The molecule has 11 heteroatoms. The smallest absolute Gasteiger partial charge is 0.326 e. The van der Waals surface area contributed by atoms with Gasteiger partial charge in [0.15, 0.2) is 0 Å². The Balaban J connectivity index is 1.71. The molecule has 2 atom stereocenters. The molecule has 0 saturated carbocycles. The zero-order chi connectivity index (χ0) is 23.5. The van der Waals surface area contributed by atoms with Gasteiger partial charge in [0.1, 0.15) is 6.04 Å². The van der Waals surface area contributed by atoms with E-state index in [0.717, 1.165) is 16.5 Å². The van der Waals surface area contributed by atoms with E-state index >= 15 is 0 Å². The lowest BCUT2D eigenvalue weighted by molar-refractivity contribution is -0.142. The van der Waals surface area contributed by atoms with Crippen LogP contribution in [0.3, 0.4) is 0 Å². The number of carbonyl (C=O) groups excluding carboxylic acids is 3. The molecule has 0 bridgehead atoms. The standard InChI is InChI=1S/C21H30N6O5/c22-8-4-3-7-17(21(31)32)27-19(29)12-25-18(28)11-26-20(30)15(23)9-13-10-24-16-6-2-1-5-14(13)16/h1-2,5-6,10,15,17,24H,3-4,7-9,11-12,22-23H2,(H,25,28)(H,26,30)(H,27,29)(H,31,32)/t15-,17-/m0/s1. The Morgan fingerprint density at radius 3 is 2.47 bits per heavy atom. The first kappa shape index (κ1) is 24.8. The molecule has 1 aromatic carbocycles. The number of rotatable bonds is 13. The highest BCUT2D eigenvalue weighted by Gasteiger charge is 2.20. The number of aromatic nitrogens is 1. The predicted molar refractivity (Wildman–Crippen MR) is 118 cm³/mol. The molecule has 0 saturated heterocycles. The average molecular weight is 447 g/mol. The summed E-state index contributed by atoms with van der Waals surface area (Å²) < 4.78 is 0. The third-order valence-electron chi connectivity index (χ3n) is 4.90. The second-order valence-corrected chi connectivity index (χ2v) is 7.41.